The van der Waals surface area contributed by atoms with E-state index in [9.17, 15) is 9.59 Å². The molecule has 1 heterocycles. The summed E-state index contributed by atoms with van der Waals surface area (Å²) in [4.78, 5) is 27.2. The Morgan fingerprint density at radius 1 is 1.34 bits per heavy atom. The van der Waals surface area contributed by atoms with E-state index in [-0.39, 0.29) is 24.8 Å². The Hall–Kier alpha value is -1.83. The van der Waals surface area contributed by atoms with Gasteiger partial charge in [0.15, 0.2) is 6.29 Å². The van der Waals surface area contributed by atoms with Gasteiger partial charge in [-0.15, -0.1) is 11.8 Å². The first-order valence-corrected chi connectivity index (χ1v) is 10.8. The quantitative estimate of drug-likeness (QED) is 0.397. The lowest BCUT2D eigenvalue weighted by Crippen LogP contribution is -2.49. The van der Waals surface area contributed by atoms with Crippen molar-refractivity contribution in [3.8, 4) is 0 Å². The number of hydrogen-bond donors (Lipinski definition) is 0. The summed E-state index contributed by atoms with van der Waals surface area (Å²) in [5, 5.41) is 0. The van der Waals surface area contributed by atoms with E-state index in [0.717, 1.165) is 12.0 Å². The van der Waals surface area contributed by atoms with Crippen molar-refractivity contribution in [1.29, 1.82) is 0 Å². The second kappa shape index (κ2) is 11.4. The van der Waals surface area contributed by atoms with Gasteiger partial charge in [-0.25, -0.2) is 9.69 Å². The van der Waals surface area contributed by atoms with Crippen molar-refractivity contribution in [3.05, 3.63) is 48.0 Å². The number of imide groups is 1. The highest BCUT2D eigenvalue weighted by molar-refractivity contribution is 8.01. The average Bonchev–Trinajstić information content (AvgIpc) is 3.09. The van der Waals surface area contributed by atoms with Crippen LogP contribution in [0.5, 0.6) is 0 Å². The zero-order valence-corrected chi connectivity index (χ0v) is 18.4. The molecule has 7 heteroatoms. The minimum absolute atomic E-state index is 0.215. The first-order valence-electron chi connectivity index (χ1n) is 9.86. The summed E-state index contributed by atoms with van der Waals surface area (Å²) in [6.07, 6.45) is 4.98. The van der Waals surface area contributed by atoms with Crippen molar-refractivity contribution in [2.75, 3.05) is 26.6 Å². The monoisotopic (exact) mass is 421 g/mol. The molecule has 0 spiro atoms. The molecule has 6 nitrogen and oxygen atoms in total. The Bertz CT molecular complexity index is 692. The van der Waals surface area contributed by atoms with Crippen molar-refractivity contribution < 1.29 is 23.8 Å². The van der Waals surface area contributed by atoms with Gasteiger partial charge in [0, 0.05) is 20.6 Å². The van der Waals surface area contributed by atoms with Gasteiger partial charge in [-0.2, -0.15) is 0 Å². The van der Waals surface area contributed by atoms with Crippen molar-refractivity contribution >= 4 is 23.8 Å². The van der Waals surface area contributed by atoms with Crippen LogP contribution < -0.4 is 0 Å². The van der Waals surface area contributed by atoms with Gasteiger partial charge in [0.1, 0.15) is 11.4 Å². The molecule has 1 fully saturated rings. The second-order valence-corrected chi connectivity index (χ2v) is 8.60. The van der Waals surface area contributed by atoms with E-state index in [0.29, 0.717) is 18.6 Å². The fourth-order valence-electron chi connectivity index (χ4n) is 3.21. The first kappa shape index (κ1) is 23.4. The number of carbonyl (C=O) groups excluding carboxylic acids is 2. The summed E-state index contributed by atoms with van der Waals surface area (Å²) in [5.41, 5.74) is 1.06. The second-order valence-electron chi connectivity index (χ2n) is 7.05. The Balaban J connectivity index is 2.16. The van der Waals surface area contributed by atoms with Gasteiger partial charge in [0.2, 0.25) is 0 Å². The maximum atomic E-state index is 13.5. The standard InChI is InChI=1S/C22H31NO5S/c1-5-6-13-22(2,29-14-12-19(26-3)27-4)20(24)23-18(16-28-21(23)25)15-17-10-8-7-9-11-17/h6-11,13,18-19H,5,12,14-16H2,1-4H3/b13-6+/t18-,22+/m0/s1. The lowest BCUT2D eigenvalue weighted by atomic mass is 10.0. The molecule has 0 aromatic heterocycles. The molecule has 1 aromatic carbocycles. The number of nitrogens with zero attached hydrogens (tertiary/aromatic N) is 1. The predicted octanol–water partition coefficient (Wildman–Crippen LogP) is 4.04. The molecular weight excluding hydrogens is 390 g/mol. The highest BCUT2D eigenvalue weighted by atomic mass is 32.2. The third-order valence-corrected chi connectivity index (χ3v) is 6.22. The summed E-state index contributed by atoms with van der Waals surface area (Å²) in [7, 11) is 3.18. The molecule has 2 atom stereocenters. The fraction of sp³-hybridized carbons (Fsp3) is 0.545. The van der Waals surface area contributed by atoms with Gasteiger partial charge < -0.3 is 14.2 Å². The number of carbonyl (C=O) groups is 2. The number of benzene rings is 1. The van der Waals surface area contributed by atoms with Gasteiger partial charge in [-0.1, -0.05) is 49.4 Å². The fourth-order valence-corrected chi connectivity index (χ4v) is 4.36. The molecule has 1 aromatic rings. The Kier molecular flexibility index (Phi) is 9.20. The molecule has 1 aliphatic heterocycles. The zero-order valence-electron chi connectivity index (χ0n) is 17.6. The van der Waals surface area contributed by atoms with E-state index in [1.807, 2.05) is 56.3 Å². The number of ether oxygens (including phenoxy) is 3. The van der Waals surface area contributed by atoms with Crippen molar-refractivity contribution in [3.63, 3.8) is 0 Å². The molecule has 0 bridgehead atoms. The third kappa shape index (κ3) is 6.32. The maximum absolute atomic E-state index is 13.5. The molecule has 1 saturated heterocycles. The molecular formula is C22H31NO5S. The minimum Gasteiger partial charge on any atom is -0.447 e. The van der Waals surface area contributed by atoms with E-state index < -0.39 is 10.8 Å². The summed E-state index contributed by atoms with van der Waals surface area (Å²) >= 11 is 1.48. The molecule has 2 rings (SSSR count). The van der Waals surface area contributed by atoms with Gasteiger partial charge in [0.25, 0.3) is 5.91 Å². The van der Waals surface area contributed by atoms with Gasteiger partial charge >= 0.3 is 6.09 Å². The van der Waals surface area contributed by atoms with Crippen LogP contribution in [-0.2, 0) is 25.4 Å². The average molecular weight is 422 g/mol. The number of rotatable bonds is 11. The van der Waals surface area contributed by atoms with Crippen LogP contribution in [0.15, 0.2) is 42.5 Å². The molecule has 0 saturated carbocycles. The number of amides is 2. The van der Waals surface area contributed by atoms with Crippen LogP contribution in [0, 0.1) is 0 Å². The topological polar surface area (TPSA) is 65.1 Å². The molecule has 0 unspecified atom stereocenters. The molecule has 1 aliphatic rings. The molecule has 160 valence electrons. The summed E-state index contributed by atoms with van der Waals surface area (Å²) < 4.78 is 14.8. The van der Waals surface area contributed by atoms with E-state index in [4.69, 9.17) is 14.2 Å². The highest BCUT2D eigenvalue weighted by Gasteiger charge is 2.45. The van der Waals surface area contributed by atoms with Gasteiger partial charge in [0.05, 0.1) is 6.04 Å². The summed E-state index contributed by atoms with van der Waals surface area (Å²) in [5.74, 6) is 0.400. The van der Waals surface area contributed by atoms with E-state index >= 15 is 0 Å². The molecule has 29 heavy (non-hydrogen) atoms. The Morgan fingerprint density at radius 3 is 2.66 bits per heavy atom. The normalized spacial score (nSPS) is 19.0. The third-order valence-electron chi connectivity index (χ3n) is 4.87. The van der Waals surface area contributed by atoms with Crippen LogP contribution in [0.1, 0.15) is 32.3 Å². The predicted molar refractivity (Wildman–Crippen MR) is 115 cm³/mol. The van der Waals surface area contributed by atoms with Gasteiger partial charge in [-0.3, -0.25) is 4.79 Å². The van der Waals surface area contributed by atoms with Crippen LogP contribution in [0.25, 0.3) is 0 Å². The Morgan fingerprint density at radius 2 is 2.03 bits per heavy atom. The van der Waals surface area contributed by atoms with Crippen molar-refractivity contribution in [1.82, 2.24) is 4.90 Å². The number of cyclic esters (lactones) is 1. The summed E-state index contributed by atoms with van der Waals surface area (Å²) in [6, 6.07) is 9.52. The zero-order chi connectivity index (χ0) is 21.3. The van der Waals surface area contributed by atoms with Crippen LogP contribution in [0.2, 0.25) is 0 Å². The largest absolute Gasteiger partial charge is 0.447 e. The first-order chi connectivity index (χ1) is 13.9. The molecule has 2 amide bonds. The minimum atomic E-state index is -0.875. The van der Waals surface area contributed by atoms with Gasteiger partial charge in [-0.05, 0) is 31.1 Å². The van der Waals surface area contributed by atoms with Crippen LogP contribution in [-0.4, -0.2) is 60.6 Å². The Labute approximate surface area is 177 Å². The van der Waals surface area contributed by atoms with Crippen LogP contribution in [0.3, 0.4) is 0 Å². The maximum Gasteiger partial charge on any atom is 0.417 e. The lowest BCUT2D eigenvalue weighted by molar-refractivity contribution is -0.130. The SMILES string of the molecule is CC/C=C/[C@@](C)(SCCC(OC)OC)C(=O)N1C(=O)OC[C@@H]1Cc1ccccc1. The number of methoxy groups -OCH3 is 2. The lowest BCUT2D eigenvalue weighted by Gasteiger charge is -2.30. The van der Waals surface area contributed by atoms with E-state index in [1.165, 1.54) is 16.7 Å². The molecule has 0 aliphatic carbocycles. The summed E-state index contributed by atoms with van der Waals surface area (Å²) in [6.45, 7) is 4.08. The number of hydrogen-bond acceptors (Lipinski definition) is 6. The van der Waals surface area contributed by atoms with Crippen molar-refractivity contribution in [2.24, 2.45) is 0 Å². The van der Waals surface area contributed by atoms with Crippen LogP contribution >= 0.6 is 11.8 Å². The van der Waals surface area contributed by atoms with Crippen LogP contribution in [0.4, 0.5) is 4.79 Å². The smallest absolute Gasteiger partial charge is 0.417 e. The number of thioether (sulfide) groups is 1. The van der Waals surface area contributed by atoms with E-state index in [2.05, 4.69) is 0 Å². The van der Waals surface area contributed by atoms with Crippen molar-refractivity contribution in [2.45, 2.75) is 50.2 Å². The number of allylic oxidation sites excluding steroid dienone is 1. The molecule has 0 radical (unpaired) electrons. The highest BCUT2D eigenvalue weighted by Crippen LogP contribution is 2.33. The molecule has 0 N–H and O–H groups in total. The van der Waals surface area contributed by atoms with E-state index in [1.54, 1.807) is 14.2 Å².